The Hall–Kier alpha value is -3.61. The van der Waals surface area contributed by atoms with Gasteiger partial charge in [0.25, 0.3) is 0 Å². The molecule has 0 atom stereocenters. The fraction of sp³-hybridized carbons (Fsp3) is 0.190. The Labute approximate surface area is 161 Å². The molecule has 0 saturated heterocycles. The summed E-state index contributed by atoms with van der Waals surface area (Å²) in [6.45, 7) is 1.40. The number of nitrogens with zero attached hydrogens (tertiary/aromatic N) is 1. The molecule has 1 N–H and O–H groups in total. The molecule has 0 saturated carbocycles. The highest BCUT2D eigenvalue weighted by atomic mass is 16.5. The third kappa shape index (κ3) is 3.59. The largest absolute Gasteiger partial charge is 0.454 e. The fourth-order valence-corrected chi connectivity index (χ4v) is 3.09. The molecule has 2 aromatic carbocycles. The van der Waals surface area contributed by atoms with Crippen LogP contribution in [0.1, 0.15) is 26.4 Å². The minimum Gasteiger partial charge on any atom is -0.454 e. The van der Waals surface area contributed by atoms with Crippen LogP contribution in [0.4, 0.5) is 10.5 Å². The highest BCUT2D eigenvalue weighted by molar-refractivity contribution is 6.10. The number of anilines is 1. The van der Waals surface area contributed by atoms with E-state index in [9.17, 15) is 14.4 Å². The number of aryl methyl sites for hydroxylation is 1. The van der Waals surface area contributed by atoms with Crippen molar-refractivity contribution < 1.29 is 23.9 Å². The molecule has 0 aliphatic carbocycles. The number of fused-ring (bicyclic) bond motifs is 1. The molecule has 1 aromatic heterocycles. The van der Waals surface area contributed by atoms with Crippen molar-refractivity contribution in [3.63, 3.8) is 0 Å². The number of carbonyl (C=O) groups is 3. The van der Waals surface area contributed by atoms with Crippen LogP contribution in [0.15, 0.2) is 48.5 Å². The Morgan fingerprint density at radius 3 is 2.46 bits per heavy atom. The molecular weight excluding hydrogens is 360 g/mol. The van der Waals surface area contributed by atoms with E-state index in [4.69, 9.17) is 4.74 Å². The van der Waals surface area contributed by atoms with Gasteiger partial charge in [-0.1, -0.05) is 30.3 Å². The van der Waals surface area contributed by atoms with Gasteiger partial charge in [-0.3, -0.25) is 9.69 Å². The number of benzene rings is 2. The standard InChI is InChI=1S/C21H20N2O5/c1-13-19(14-8-4-6-10-16(14)22-13)18(24)12-28-20(25)15-9-5-7-11-17(15)23(2)21(26)27-3/h4-11,22H,12H2,1-3H3. The molecule has 1 amide bonds. The van der Waals surface area contributed by atoms with E-state index in [0.717, 1.165) is 10.9 Å². The van der Waals surface area contributed by atoms with Gasteiger partial charge in [0.15, 0.2) is 6.61 Å². The summed E-state index contributed by atoms with van der Waals surface area (Å²) < 4.78 is 9.92. The van der Waals surface area contributed by atoms with E-state index >= 15 is 0 Å². The summed E-state index contributed by atoms with van der Waals surface area (Å²) in [5, 5.41) is 0.784. The van der Waals surface area contributed by atoms with E-state index in [1.165, 1.54) is 25.1 Å². The number of amides is 1. The van der Waals surface area contributed by atoms with Crippen LogP contribution in [0, 0.1) is 6.92 Å². The SMILES string of the molecule is COC(=O)N(C)c1ccccc1C(=O)OCC(=O)c1c(C)[nH]c2ccccc12. The van der Waals surface area contributed by atoms with E-state index in [1.807, 2.05) is 24.3 Å². The molecule has 0 bridgehead atoms. The van der Waals surface area contributed by atoms with E-state index in [1.54, 1.807) is 25.1 Å². The Kier molecular flexibility index (Phi) is 5.44. The Balaban J connectivity index is 1.78. The molecule has 7 heteroatoms. The number of carbonyl (C=O) groups excluding carboxylic acids is 3. The van der Waals surface area contributed by atoms with Crippen LogP contribution in [-0.4, -0.2) is 43.6 Å². The van der Waals surface area contributed by atoms with Crippen molar-refractivity contribution in [2.45, 2.75) is 6.92 Å². The predicted octanol–water partition coefficient (Wildman–Crippen LogP) is 3.72. The lowest BCUT2D eigenvalue weighted by molar-refractivity contribution is 0.0475. The zero-order valence-electron chi connectivity index (χ0n) is 15.8. The van der Waals surface area contributed by atoms with Crippen LogP contribution in [0.25, 0.3) is 10.9 Å². The van der Waals surface area contributed by atoms with Gasteiger partial charge in [0.2, 0.25) is 5.78 Å². The van der Waals surface area contributed by atoms with Crippen LogP contribution < -0.4 is 4.90 Å². The Morgan fingerprint density at radius 2 is 1.71 bits per heavy atom. The van der Waals surface area contributed by atoms with Gasteiger partial charge >= 0.3 is 12.1 Å². The van der Waals surface area contributed by atoms with Gasteiger partial charge in [0.05, 0.1) is 18.4 Å². The fourth-order valence-electron chi connectivity index (χ4n) is 3.09. The first-order chi connectivity index (χ1) is 13.4. The number of esters is 1. The maximum absolute atomic E-state index is 12.7. The summed E-state index contributed by atoms with van der Waals surface area (Å²) in [6, 6.07) is 13.9. The predicted molar refractivity (Wildman–Crippen MR) is 105 cm³/mol. The van der Waals surface area contributed by atoms with E-state index in [0.29, 0.717) is 16.9 Å². The van der Waals surface area contributed by atoms with E-state index in [2.05, 4.69) is 9.72 Å². The van der Waals surface area contributed by atoms with Gasteiger partial charge in [-0.05, 0) is 25.1 Å². The van der Waals surface area contributed by atoms with Gasteiger partial charge < -0.3 is 14.5 Å². The molecule has 0 spiro atoms. The van der Waals surface area contributed by atoms with Gasteiger partial charge in [-0.25, -0.2) is 9.59 Å². The molecule has 28 heavy (non-hydrogen) atoms. The van der Waals surface area contributed by atoms with Crippen LogP contribution in [0.3, 0.4) is 0 Å². The zero-order chi connectivity index (χ0) is 20.3. The molecule has 144 valence electrons. The molecule has 1 heterocycles. The Bertz CT molecular complexity index is 1050. The summed E-state index contributed by atoms with van der Waals surface area (Å²) in [6.07, 6.45) is -0.620. The lowest BCUT2D eigenvalue weighted by atomic mass is 10.1. The topological polar surface area (TPSA) is 88.7 Å². The first-order valence-electron chi connectivity index (χ1n) is 8.62. The second-order valence-corrected chi connectivity index (χ2v) is 6.22. The van der Waals surface area contributed by atoms with Crippen molar-refractivity contribution in [1.29, 1.82) is 0 Å². The molecule has 0 aliphatic rings. The minimum atomic E-state index is -0.697. The van der Waals surface area contributed by atoms with Crippen molar-refractivity contribution in [2.24, 2.45) is 0 Å². The number of H-pyrrole nitrogens is 1. The third-order valence-electron chi connectivity index (χ3n) is 4.44. The highest BCUT2D eigenvalue weighted by Gasteiger charge is 2.22. The average molecular weight is 380 g/mol. The number of aromatic amines is 1. The lowest BCUT2D eigenvalue weighted by Crippen LogP contribution is -2.28. The number of ketones is 1. The minimum absolute atomic E-state index is 0.166. The van der Waals surface area contributed by atoms with Crippen molar-refractivity contribution in [1.82, 2.24) is 4.98 Å². The average Bonchev–Trinajstić information content (AvgIpc) is 3.06. The van der Waals surface area contributed by atoms with Gasteiger partial charge in [0, 0.05) is 29.2 Å². The van der Waals surface area contributed by atoms with Crippen molar-refractivity contribution in [3.8, 4) is 0 Å². The number of rotatable bonds is 5. The summed E-state index contributed by atoms with van der Waals surface area (Å²) in [4.78, 5) is 41.3. The first-order valence-corrected chi connectivity index (χ1v) is 8.62. The molecular formula is C21H20N2O5. The molecule has 0 fully saturated rings. The van der Waals surface area contributed by atoms with Gasteiger partial charge in [0.1, 0.15) is 0 Å². The zero-order valence-corrected chi connectivity index (χ0v) is 15.8. The number of methoxy groups -OCH3 is 1. The second-order valence-electron chi connectivity index (χ2n) is 6.22. The Morgan fingerprint density at radius 1 is 1.04 bits per heavy atom. The van der Waals surface area contributed by atoms with Crippen molar-refractivity contribution in [2.75, 3.05) is 25.7 Å². The van der Waals surface area contributed by atoms with Crippen LogP contribution in [0.2, 0.25) is 0 Å². The van der Waals surface area contributed by atoms with E-state index < -0.39 is 18.7 Å². The quantitative estimate of drug-likeness (QED) is 0.538. The molecule has 3 rings (SSSR count). The van der Waals surface area contributed by atoms with E-state index in [-0.39, 0.29) is 11.3 Å². The number of hydrogen-bond acceptors (Lipinski definition) is 5. The summed E-state index contributed by atoms with van der Waals surface area (Å²) in [5.74, 6) is -1.00. The highest BCUT2D eigenvalue weighted by Crippen LogP contribution is 2.24. The second kappa shape index (κ2) is 7.96. The summed E-state index contributed by atoms with van der Waals surface area (Å²) >= 11 is 0. The smallest absolute Gasteiger partial charge is 0.413 e. The van der Waals surface area contributed by atoms with Crippen molar-refractivity contribution >= 4 is 34.4 Å². The van der Waals surface area contributed by atoms with Crippen LogP contribution >= 0.6 is 0 Å². The number of hydrogen-bond donors (Lipinski definition) is 1. The monoisotopic (exact) mass is 380 g/mol. The van der Waals surface area contributed by atoms with Gasteiger partial charge in [-0.15, -0.1) is 0 Å². The molecule has 0 radical (unpaired) electrons. The third-order valence-corrected chi connectivity index (χ3v) is 4.44. The normalized spacial score (nSPS) is 10.5. The lowest BCUT2D eigenvalue weighted by Gasteiger charge is -2.18. The summed E-state index contributed by atoms with van der Waals surface area (Å²) in [5.41, 5.74) is 2.56. The van der Waals surface area contributed by atoms with Gasteiger partial charge in [-0.2, -0.15) is 0 Å². The van der Waals surface area contributed by atoms with Crippen LogP contribution in [0.5, 0.6) is 0 Å². The molecule has 0 unspecified atom stereocenters. The number of ether oxygens (including phenoxy) is 2. The number of aromatic nitrogens is 1. The number of nitrogens with one attached hydrogen (secondary N) is 1. The first kappa shape index (κ1) is 19.2. The van der Waals surface area contributed by atoms with Crippen LogP contribution in [-0.2, 0) is 9.47 Å². The number of para-hydroxylation sites is 2. The molecule has 3 aromatic rings. The maximum atomic E-state index is 12.7. The number of Topliss-reactive ketones (excluding diaryl/α,β-unsaturated/α-hetero) is 1. The maximum Gasteiger partial charge on any atom is 0.413 e. The van der Waals surface area contributed by atoms with Crippen molar-refractivity contribution in [3.05, 3.63) is 65.4 Å². The molecule has 7 nitrogen and oxygen atoms in total. The molecule has 0 aliphatic heterocycles. The summed E-state index contributed by atoms with van der Waals surface area (Å²) in [7, 11) is 2.74.